The van der Waals surface area contributed by atoms with Crippen molar-refractivity contribution >= 4 is 42.4 Å². The van der Waals surface area contributed by atoms with Gasteiger partial charge >= 0.3 is 0 Å². The van der Waals surface area contributed by atoms with E-state index in [0.29, 0.717) is 10.6 Å². The van der Waals surface area contributed by atoms with Crippen molar-refractivity contribution in [2.75, 3.05) is 5.73 Å². The quantitative estimate of drug-likeness (QED) is 0.784. The minimum atomic E-state index is 0.576. The largest absolute Gasteiger partial charge is 0.389 e. The highest BCUT2D eigenvalue weighted by Gasteiger charge is 2.10. The van der Waals surface area contributed by atoms with Crippen LogP contribution in [0.2, 0.25) is 0 Å². The van der Waals surface area contributed by atoms with Crippen molar-refractivity contribution in [1.29, 1.82) is 5.26 Å². The molecular formula is C9H5BrN2S. The number of thiophene rings is 1. The van der Waals surface area contributed by atoms with E-state index < -0.39 is 0 Å². The molecule has 13 heavy (non-hydrogen) atoms. The van der Waals surface area contributed by atoms with Crippen LogP contribution in [-0.2, 0) is 0 Å². The van der Waals surface area contributed by atoms with Crippen molar-refractivity contribution < 1.29 is 0 Å². The average Bonchev–Trinajstić information content (AvgIpc) is 2.42. The second-order valence-corrected chi connectivity index (χ2v) is 4.50. The molecule has 1 aromatic carbocycles. The van der Waals surface area contributed by atoms with Gasteiger partial charge in [-0.3, -0.25) is 0 Å². The summed E-state index contributed by atoms with van der Waals surface area (Å²) in [5.74, 6) is 0. The van der Waals surface area contributed by atoms with Crippen LogP contribution in [0.15, 0.2) is 22.7 Å². The highest BCUT2D eigenvalue weighted by Crippen LogP contribution is 2.37. The van der Waals surface area contributed by atoms with E-state index in [9.17, 15) is 0 Å². The van der Waals surface area contributed by atoms with Gasteiger partial charge in [-0.25, -0.2) is 0 Å². The number of nitrogens with two attached hydrogens (primary N) is 1. The van der Waals surface area contributed by atoms with Crippen LogP contribution < -0.4 is 5.73 Å². The van der Waals surface area contributed by atoms with Crippen molar-refractivity contribution in [3.8, 4) is 6.07 Å². The molecule has 64 valence electrons. The highest BCUT2D eigenvalue weighted by atomic mass is 79.9. The van der Waals surface area contributed by atoms with Crippen LogP contribution in [0.5, 0.6) is 0 Å². The lowest BCUT2D eigenvalue weighted by Crippen LogP contribution is -1.82. The monoisotopic (exact) mass is 252 g/mol. The second-order valence-electron chi connectivity index (χ2n) is 2.57. The van der Waals surface area contributed by atoms with Crippen LogP contribution in [0.1, 0.15) is 5.56 Å². The molecule has 0 bridgehead atoms. The molecule has 0 saturated heterocycles. The summed E-state index contributed by atoms with van der Waals surface area (Å²) in [4.78, 5) is 0. The molecule has 2 rings (SSSR count). The Labute approximate surface area is 87.7 Å². The summed E-state index contributed by atoms with van der Waals surface area (Å²) in [6, 6.07) is 7.92. The molecule has 0 aliphatic carbocycles. The smallest absolute Gasteiger partial charge is 0.105 e. The van der Waals surface area contributed by atoms with E-state index in [2.05, 4.69) is 22.0 Å². The molecule has 0 fully saturated rings. The van der Waals surface area contributed by atoms with Gasteiger partial charge in [-0.15, -0.1) is 11.3 Å². The number of nitrogen functional groups attached to an aromatic ring is 1. The molecule has 0 aliphatic rings. The number of nitriles is 1. The van der Waals surface area contributed by atoms with Crippen molar-refractivity contribution in [2.45, 2.75) is 0 Å². The number of halogens is 1. The van der Waals surface area contributed by atoms with E-state index >= 15 is 0 Å². The molecular weight excluding hydrogens is 248 g/mol. The summed E-state index contributed by atoms with van der Waals surface area (Å²) in [6.45, 7) is 0. The third-order valence-corrected chi connectivity index (χ3v) is 3.45. The first-order valence-corrected chi connectivity index (χ1v) is 5.21. The lowest BCUT2D eigenvalue weighted by Gasteiger charge is -1.92. The number of anilines is 1. The van der Waals surface area contributed by atoms with Gasteiger partial charge in [-0.2, -0.15) is 5.26 Å². The molecule has 2 N–H and O–H groups in total. The van der Waals surface area contributed by atoms with E-state index in [4.69, 9.17) is 11.0 Å². The van der Waals surface area contributed by atoms with Gasteiger partial charge in [0, 0.05) is 14.6 Å². The molecule has 2 aromatic rings. The highest BCUT2D eigenvalue weighted by molar-refractivity contribution is 9.10. The van der Waals surface area contributed by atoms with Crippen molar-refractivity contribution in [2.24, 2.45) is 0 Å². The Bertz CT molecular complexity index is 510. The van der Waals surface area contributed by atoms with Gasteiger partial charge in [0.05, 0.1) is 5.56 Å². The molecule has 1 heterocycles. The summed E-state index contributed by atoms with van der Waals surface area (Å²) in [7, 11) is 0. The first-order chi connectivity index (χ1) is 6.24. The van der Waals surface area contributed by atoms with Gasteiger partial charge in [-0.05, 0) is 12.1 Å². The first kappa shape index (κ1) is 8.54. The normalized spacial score (nSPS) is 10.2. The van der Waals surface area contributed by atoms with Crippen LogP contribution in [-0.4, -0.2) is 0 Å². The summed E-state index contributed by atoms with van der Waals surface area (Å²) < 4.78 is 1.97. The molecule has 2 nitrogen and oxygen atoms in total. The fourth-order valence-corrected chi connectivity index (χ4v) is 2.88. The third-order valence-electron chi connectivity index (χ3n) is 1.80. The minimum Gasteiger partial charge on any atom is -0.389 e. The minimum absolute atomic E-state index is 0.576. The van der Waals surface area contributed by atoms with Crippen LogP contribution in [0.25, 0.3) is 10.1 Å². The van der Waals surface area contributed by atoms with Crippen LogP contribution >= 0.6 is 27.3 Å². The first-order valence-electron chi connectivity index (χ1n) is 3.60. The molecule has 0 amide bonds. The third kappa shape index (κ3) is 1.21. The summed E-state index contributed by atoms with van der Waals surface area (Å²) in [5.41, 5.74) is 6.28. The second kappa shape index (κ2) is 3.02. The maximum Gasteiger partial charge on any atom is 0.105 e. The van der Waals surface area contributed by atoms with Crippen molar-refractivity contribution in [1.82, 2.24) is 0 Å². The average molecular weight is 253 g/mol. The van der Waals surface area contributed by atoms with Gasteiger partial charge in [0.1, 0.15) is 11.1 Å². The number of hydrogen-bond acceptors (Lipinski definition) is 3. The Hall–Kier alpha value is -1.05. The molecule has 1 aromatic heterocycles. The van der Waals surface area contributed by atoms with Crippen LogP contribution in [0.4, 0.5) is 5.00 Å². The van der Waals surface area contributed by atoms with E-state index in [1.165, 1.54) is 11.3 Å². The van der Waals surface area contributed by atoms with Crippen LogP contribution in [0, 0.1) is 11.3 Å². The van der Waals surface area contributed by atoms with E-state index in [1.54, 1.807) is 0 Å². The molecule has 0 aliphatic heterocycles. The summed E-state index contributed by atoms with van der Waals surface area (Å²) >= 11 is 4.84. The van der Waals surface area contributed by atoms with Gasteiger partial charge in [0.25, 0.3) is 0 Å². The number of nitrogens with zero attached hydrogens (tertiary/aromatic N) is 1. The molecule has 0 unspecified atom stereocenters. The lowest BCUT2D eigenvalue weighted by molar-refractivity contribution is 1.51. The zero-order valence-electron chi connectivity index (χ0n) is 6.54. The topological polar surface area (TPSA) is 49.8 Å². The zero-order chi connectivity index (χ0) is 9.42. The Balaban J connectivity index is 2.99. The Morgan fingerprint density at radius 2 is 2.23 bits per heavy atom. The predicted molar refractivity (Wildman–Crippen MR) is 58.7 cm³/mol. The number of hydrogen-bond donors (Lipinski definition) is 1. The molecule has 0 radical (unpaired) electrons. The Kier molecular flexibility index (Phi) is 1.98. The molecule has 4 heteroatoms. The van der Waals surface area contributed by atoms with E-state index in [1.807, 2.05) is 18.2 Å². The van der Waals surface area contributed by atoms with Gasteiger partial charge in [0.2, 0.25) is 0 Å². The summed E-state index contributed by atoms with van der Waals surface area (Å²) in [6.07, 6.45) is 0. The van der Waals surface area contributed by atoms with Crippen molar-refractivity contribution in [3.63, 3.8) is 0 Å². The molecule has 0 spiro atoms. The van der Waals surface area contributed by atoms with Crippen LogP contribution in [0.3, 0.4) is 0 Å². The van der Waals surface area contributed by atoms with Gasteiger partial charge < -0.3 is 5.73 Å². The SMILES string of the molecule is N#Cc1c(N)sc2cccc(Br)c12. The fourth-order valence-electron chi connectivity index (χ4n) is 1.24. The molecule has 0 saturated carbocycles. The lowest BCUT2D eigenvalue weighted by atomic mass is 10.2. The van der Waals surface area contributed by atoms with E-state index in [0.717, 1.165) is 14.6 Å². The van der Waals surface area contributed by atoms with E-state index in [-0.39, 0.29) is 0 Å². The zero-order valence-corrected chi connectivity index (χ0v) is 8.95. The number of fused-ring (bicyclic) bond motifs is 1. The Morgan fingerprint density at radius 3 is 2.92 bits per heavy atom. The summed E-state index contributed by atoms with van der Waals surface area (Å²) in [5, 5.41) is 10.4. The molecule has 0 atom stereocenters. The predicted octanol–water partition coefficient (Wildman–Crippen LogP) is 3.12. The Morgan fingerprint density at radius 1 is 1.46 bits per heavy atom. The van der Waals surface area contributed by atoms with Gasteiger partial charge in [0.15, 0.2) is 0 Å². The maximum absolute atomic E-state index is 8.89. The van der Waals surface area contributed by atoms with Gasteiger partial charge in [-0.1, -0.05) is 22.0 Å². The standard InChI is InChI=1S/C9H5BrN2S/c10-6-2-1-3-7-8(6)5(4-11)9(12)13-7/h1-3H,12H2. The number of benzene rings is 1. The van der Waals surface area contributed by atoms with Crippen molar-refractivity contribution in [3.05, 3.63) is 28.2 Å². The fraction of sp³-hybridized carbons (Fsp3) is 0. The number of rotatable bonds is 0. The maximum atomic E-state index is 8.89.